The Morgan fingerprint density at radius 3 is 2.39 bits per heavy atom. The highest BCUT2D eigenvalue weighted by atomic mass is 35.5. The maximum Gasteiger partial charge on any atom is 0.128 e. The highest BCUT2D eigenvalue weighted by Gasteiger charge is 2.11. The fourth-order valence-electron chi connectivity index (χ4n) is 1.60. The summed E-state index contributed by atoms with van der Waals surface area (Å²) >= 11 is 5.78. The highest BCUT2D eigenvalue weighted by molar-refractivity contribution is 6.30. The van der Waals surface area contributed by atoms with Crippen LogP contribution in [0.25, 0.3) is 0 Å². The second kappa shape index (κ2) is 5.10. The smallest absolute Gasteiger partial charge is 0.128 e. The molecule has 0 bridgehead atoms. The van der Waals surface area contributed by atoms with Crippen LogP contribution in [0.5, 0.6) is 11.5 Å². The van der Waals surface area contributed by atoms with E-state index in [0.29, 0.717) is 21.9 Å². The third kappa shape index (κ3) is 2.46. The Morgan fingerprint density at radius 1 is 1.17 bits per heavy atom. The maximum atomic E-state index is 10.1. The third-order valence-corrected chi connectivity index (χ3v) is 2.83. The fraction of sp³-hybridized carbons (Fsp3) is 0.0714. The molecule has 2 aromatic rings. The van der Waals surface area contributed by atoms with Crippen LogP contribution in [0, 0.1) is 0 Å². The lowest BCUT2D eigenvalue weighted by Gasteiger charge is -2.07. The molecule has 2 rings (SSSR count). The van der Waals surface area contributed by atoms with E-state index in [1.807, 2.05) is 0 Å². The number of benzene rings is 2. The Kier molecular flexibility index (Phi) is 3.53. The average Bonchev–Trinajstić information content (AvgIpc) is 2.38. The summed E-state index contributed by atoms with van der Waals surface area (Å²) in [4.78, 5) is 0. The molecule has 1 radical (unpaired) electrons. The maximum absolute atomic E-state index is 10.1. The molecular weight excluding hydrogens is 250 g/mol. The van der Waals surface area contributed by atoms with E-state index >= 15 is 0 Å². The quantitative estimate of drug-likeness (QED) is 0.863. The number of aromatic hydroxyl groups is 1. The first kappa shape index (κ1) is 12.5. The van der Waals surface area contributed by atoms with Crippen LogP contribution < -0.4 is 10.1 Å². The van der Waals surface area contributed by atoms with Crippen LogP contribution in [0.2, 0.25) is 5.02 Å². The zero-order valence-electron chi connectivity index (χ0n) is 9.72. The van der Waals surface area contributed by atoms with Gasteiger partial charge in [-0.05, 0) is 24.3 Å². The molecule has 0 aliphatic heterocycles. The van der Waals surface area contributed by atoms with Gasteiger partial charge < -0.3 is 9.84 Å². The number of ether oxygens (including phenoxy) is 1. The largest absolute Gasteiger partial charge is 0.507 e. The minimum Gasteiger partial charge on any atom is -0.507 e. The van der Waals surface area contributed by atoms with Crippen LogP contribution in [0.15, 0.2) is 42.5 Å². The van der Waals surface area contributed by atoms with Gasteiger partial charge in [0.25, 0.3) is 0 Å². The van der Waals surface area contributed by atoms with Gasteiger partial charge in [0, 0.05) is 22.2 Å². The van der Waals surface area contributed by atoms with Crippen LogP contribution in [-0.4, -0.2) is 17.9 Å². The van der Waals surface area contributed by atoms with Crippen molar-refractivity contribution < 1.29 is 9.84 Å². The first-order valence-corrected chi connectivity index (χ1v) is 5.69. The van der Waals surface area contributed by atoms with Crippen LogP contribution in [0.4, 0.5) is 0 Å². The summed E-state index contributed by atoms with van der Waals surface area (Å²) in [6, 6.07) is 11.4. The Labute approximate surface area is 110 Å². The zero-order chi connectivity index (χ0) is 13.1. The van der Waals surface area contributed by atoms with E-state index in [-0.39, 0.29) is 11.5 Å². The van der Waals surface area contributed by atoms with E-state index < -0.39 is 0 Å². The van der Waals surface area contributed by atoms with Gasteiger partial charge in [-0.2, -0.15) is 0 Å². The van der Waals surface area contributed by atoms with Crippen molar-refractivity contribution >= 4 is 17.3 Å². The standard InChI is InChI=1S/C14H11ClNO2/c1-18-11-6-7-12(13(17)8-11)14(16)9-2-4-10(15)5-3-9/h2-8,17H,1H3. The molecule has 0 saturated carbocycles. The van der Waals surface area contributed by atoms with Gasteiger partial charge in [-0.15, -0.1) is 5.41 Å². The van der Waals surface area contributed by atoms with Crippen molar-refractivity contribution in [3.8, 4) is 11.5 Å². The molecule has 0 fully saturated rings. The molecular formula is C14H11ClNO2. The minimum absolute atomic E-state index is 0.00757. The Hall–Kier alpha value is -2.00. The lowest BCUT2D eigenvalue weighted by molar-refractivity contribution is 0.407. The van der Waals surface area contributed by atoms with Crippen LogP contribution in [0.1, 0.15) is 11.1 Å². The first-order chi connectivity index (χ1) is 8.61. The average molecular weight is 261 g/mol. The molecule has 0 aliphatic carbocycles. The predicted molar refractivity (Wildman–Crippen MR) is 71.5 cm³/mol. The van der Waals surface area contributed by atoms with Gasteiger partial charge in [-0.25, -0.2) is 0 Å². The van der Waals surface area contributed by atoms with Gasteiger partial charge in [0.05, 0.1) is 7.11 Å². The zero-order valence-corrected chi connectivity index (χ0v) is 10.5. The number of hydrogen-bond donors (Lipinski definition) is 1. The molecule has 0 saturated heterocycles. The van der Waals surface area contributed by atoms with Gasteiger partial charge in [-0.3, -0.25) is 0 Å². The van der Waals surface area contributed by atoms with Gasteiger partial charge in [0.15, 0.2) is 0 Å². The number of hydrogen-bond acceptors (Lipinski definition) is 2. The molecule has 1 N–H and O–H groups in total. The molecule has 0 atom stereocenters. The molecule has 4 heteroatoms. The Bertz CT molecular complexity index is 579. The Balaban J connectivity index is 2.37. The summed E-state index contributed by atoms with van der Waals surface area (Å²) in [5, 5.41) is 20.5. The molecule has 0 aromatic heterocycles. The second-order valence-electron chi connectivity index (χ2n) is 3.74. The third-order valence-electron chi connectivity index (χ3n) is 2.58. The molecule has 0 spiro atoms. The van der Waals surface area contributed by atoms with Crippen molar-refractivity contribution in [1.82, 2.24) is 5.41 Å². The Morgan fingerprint density at radius 2 is 1.83 bits per heavy atom. The van der Waals surface area contributed by atoms with Gasteiger partial charge in [0.2, 0.25) is 0 Å². The molecule has 0 aliphatic rings. The number of phenols is 1. The van der Waals surface area contributed by atoms with E-state index in [4.69, 9.17) is 16.3 Å². The van der Waals surface area contributed by atoms with Gasteiger partial charge >= 0.3 is 0 Å². The topological polar surface area (TPSA) is 51.8 Å². The predicted octanol–water partition coefficient (Wildman–Crippen LogP) is 2.69. The molecule has 18 heavy (non-hydrogen) atoms. The van der Waals surface area contributed by atoms with E-state index in [1.54, 1.807) is 36.4 Å². The summed E-state index contributed by atoms with van der Waals surface area (Å²) in [7, 11) is 1.51. The van der Waals surface area contributed by atoms with Crippen molar-refractivity contribution in [2.45, 2.75) is 0 Å². The first-order valence-electron chi connectivity index (χ1n) is 5.31. The van der Waals surface area contributed by atoms with Crippen molar-refractivity contribution in [2.75, 3.05) is 7.11 Å². The highest BCUT2D eigenvalue weighted by Crippen LogP contribution is 2.25. The lowest BCUT2D eigenvalue weighted by atomic mass is 10.0. The van der Waals surface area contributed by atoms with Crippen molar-refractivity contribution in [1.29, 1.82) is 0 Å². The summed E-state index contributed by atoms with van der Waals surface area (Å²) in [6.07, 6.45) is 0. The summed E-state index contributed by atoms with van der Waals surface area (Å²) in [5.74, 6) is 0.488. The summed E-state index contributed by atoms with van der Waals surface area (Å²) in [5.41, 5.74) is 0.921. The molecule has 3 nitrogen and oxygen atoms in total. The van der Waals surface area contributed by atoms with Crippen molar-refractivity contribution in [3.63, 3.8) is 0 Å². The molecule has 2 aromatic carbocycles. The van der Waals surface area contributed by atoms with Crippen molar-refractivity contribution in [2.24, 2.45) is 0 Å². The summed E-state index contributed by atoms with van der Waals surface area (Å²) < 4.78 is 4.98. The number of methoxy groups -OCH3 is 1. The van der Waals surface area contributed by atoms with Crippen LogP contribution in [-0.2, 0) is 0 Å². The normalized spacial score (nSPS) is 10.1. The van der Waals surface area contributed by atoms with E-state index in [2.05, 4.69) is 0 Å². The lowest BCUT2D eigenvalue weighted by Crippen LogP contribution is -2.04. The number of rotatable bonds is 3. The molecule has 91 valence electrons. The van der Waals surface area contributed by atoms with E-state index in [1.165, 1.54) is 13.2 Å². The van der Waals surface area contributed by atoms with E-state index in [0.717, 1.165) is 0 Å². The monoisotopic (exact) mass is 260 g/mol. The van der Waals surface area contributed by atoms with Crippen LogP contribution >= 0.6 is 11.6 Å². The van der Waals surface area contributed by atoms with E-state index in [9.17, 15) is 10.5 Å². The second-order valence-corrected chi connectivity index (χ2v) is 4.18. The van der Waals surface area contributed by atoms with Gasteiger partial charge in [0.1, 0.15) is 17.2 Å². The molecule has 0 unspecified atom stereocenters. The fourth-order valence-corrected chi connectivity index (χ4v) is 1.73. The minimum atomic E-state index is -0.0400. The molecule has 0 heterocycles. The molecule has 0 amide bonds. The number of phenolic OH excluding ortho intramolecular Hbond substituents is 1. The number of halogens is 1. The van der Waals surface area contributed by atoms with Gasteiger partial charge in [-0.1, -0.05) is 23.7 Å². The van der Waals surface area contributed by atoms with Crippen molar-refractivity contribution in [3.05, 3.63) is 58.6 Å². The SMILES string of the molecule is COc1ccc(C(=[N])c2ccc(Cl)cc2)c(O)c1. The number of nitrogens with zero attached hydrogens (tertiary/aromatic N) is 1. The summed E-state index contributed by atoms with van der Waals surface area (Å²) in [6.45, 7) is 0. The van der Waals surface area contributed by atoms with Crippen LogP contribution in [0.3, 0.4) is 0 Å².